The second-order valence-corrected chi connectivity index (χ2v) is 6.72. The molecule has 0 radical (unpaired) electrons. The van der Waals surface area contributed by atoms with Gasteiger partial charge in [-0.3, -0.25) is 9.80 Å². The van der Waals surface area contributed by atoms with Gasteiger partial charge in [-0.15, -0.1) is 0 Å². The molecule has 2 aromatic rings. The zero-order valence-electron chi connectivity index (χ0n) is 15.5. The van der Waals surface area contributed by atoms with Gasteiger partial charge in [0.15, 0.2) is 0 Å². The number of likely N-dealkylation sites (N-methyl/N-ethyl adjacent to an activating group) is 1. The Morgan fingerprint density at radius 3 is 2.84 bits per heavy atom. The largest absolute Gasteiger partial charge is 0.492 e. The van der Waals surface area contributed by atoms with E-state index in [9.17, 15) is 4.79 Å². The monoisotopic (exact) mass is 344 g/mol. The van der Waals surface area contributed by atoms with Crippen molar-refractivity contribution in [1.29, 1.82) is 0 Å². The van der Waals surface area contributed by atoms with Crippen LogP contribution in [0.2, 0.25) is 0 Å². The SMILES string of the molecule is CCN(CC)[C@@H]1CCN(CCOc2ccc3c(C)cc(=O)oc3c2)C1. The van der Waals surface area contributed by atoms with E-state index in [1.54, 1.807) is 0 Å². The highest BCUT2D eigenvalue weighted by Gasteiger charge is 2.25. The third kappa shape index (κ3) is 4.22. The molecule has 5 heteroatoms. The van der Waals surface area contributed by atoms with Crippen LogP contribution in [0.1, 0.15) is 25.8 Å². The minimum atomic E-state index is -0.318. The summed E-state index contributed by atoms with van der Waals surface area (Å²) >= 11 is 0. The highest BCUT2D eigenvalue weighted by atomic mass is 16.5. The lowest BCUT2D eigenvalue weighted by Crippen LogP contribution is -2.37. The highest BCUT2D eigenvalue weighted by Crippen LogP contribution is 2.22. The lowest BCUT2D eigenvalue weighted by molar-refractivity contribution is 0.195. The van der Waals surface area contributed by atoms with Crippen LogP contribution in [0.4, 0.5) is 0 Å². The van der Waals surface area contributed by atoms with Crippen molar-refractivity contribution in [3.05, 3.63) is 40.2 Å². The smallest absolute Gasteiger partial charge is 0.336 e. The lowest BCUT2D eigenvalue weighted by Gasteiger charge is -2.26. The molecule has 0 aliphatic carbocycles. The summed E-state index contributed by atoms with van der Waals surface area (Å²) < 4.78 is 11.2. The Morgan fingerprint density at radius 1 is 1.28 bits per heavy atom. The van der Waals surface area contributed by atoms with Gasteiger partial charge < -0.3 is 9.15 Å². The van der Waals surface area contributed by atoms with E-state index in [2.05, 4.69) is 23.6 Å². The van der Waals surface area contributed by atoms with Gasteiger partial charge in [0.1, 0.15) is 17.9 Å². The molecular weight excluding hydrogens is 316 g/mol. The first-order valence-electron chi connectivity index (χ1n) is 9.24. The Kier molecular flexibility index (Phi) is 5.76. The van der Waals surface area contributed by atoms with E-state index in [0.29, 0.717) is 18.2 Å². The molecule has 5 nitrogen and oxygen atoms in total. The Labute approximate surface area is 149 Å². The number of benzene rings is 1. The highest BCUT2D eigenvalue weighted by molar-refractivity contribution is 5.81. The van der Waals surface area contributed by atoms with Gasteiger partial charge in [-0.05, 0) is 50.7 Å². The Bertz CT molecular complexity index is 767. The molecule has 1 aromatic heterocycles. The van der Waals surface area contributed by atoms with Crippen molar-refractivity contribution in [2.75, 3.05) is 39.3 Å². The van der Waals surface area contributed by atoms with E-state index < -0.39 is 0 Å². The topological polar surface area (TPSA) is 45.9 Å². The van der Waals surface area contributed by atoms with Gasteiger partial charge in [0.2, 0.25) is 0 Å². The predicted molar refractivity (Wildman–Crippen MR) is 100 cm³/mol. The number of rotatable bonds is 7. The van der Waals surface area contributed by atoms with Gasteiger partial charge in [-0.1, -0.05) is 13.8 Å². The Morgan fingerprint density at radius 2 is 2.08 bits per heavy atom. The van der Waals surface area contributed by atoms with Crippen molar-refractivity contribution in [1.82, 2.24) is 9.80 Å². The molecule has 1 saturated heterocycles. The molecule has 25 heavy (non-hydrogen) atoms. The molecular formula is C20H28N2O3. The van der Waals surface area contributed by atoms with Crippen LogP contribution >= 0.6 is 0 Å². The molecule has 0 amide bonds. The van der Waals surface area contributed by atoms with Crippen LogP contribution in [0, 0.1) is 6.92 Å². The Balaban J connectivity index is 1.54. The third-order valence-corrected chi connectivity index (χ3v) is 5.18. The quantitative estimate of drug-likeness (QED) is 0.723. The molecule has 0 bridgehead atoms. The average molecular weight is 344 g/mol. The normalized spacial score (nSPS) is 18.3. The standard InChI is InChI=1S/C20H28N2O3/c1-4-22(5-2)16-8-9-21(14-16)10-11-24-17-6-7-18-15(3)12-20(23)25-19(18)13-17/h6-7,12-13,16H,4-5,8-11,14H2,1-3H3/t16-/m1/s1. The summed E-state index contributed by atoms with van der Waals surface area (Å²) in [5.74, 6) is 0.751. The fourth-order valence-electron chi connectivity index (χ4n) is 3.74. The summed E-state index contributed by atoms with van der Waals surface area (Å²) in [6.07, 6.45) is 1.24. The van der Waals surface area contributed by atoms with E-state index in [1.807, 2.05) is 25.1 Å². The number of aryl methyl sites for hydroxylation is 1. The molecule has 3 rings (SSSR count). The molecule has 2 heterocycles. The van der Waals surface area contributed by atoms with E-state index >= 15 is 0 Å². The summed E-state index contributed by atoms with van der Waals surface area (Å²) in [6, 6.07) is 7.90. The summed E-state index contributed by atoms with van der Waals surface area (Å²) in [5, 5.41) is 0.952. The number of nitrogens with zero attached hydrogens (tertiary/aromatic N) is 2. The molecule has 1 fully saturated rings. The summed E-state index contributed by atoms with van der Waals surface area (Å²) in [6.45, 7) is 12.4. The van der Waals surface area contributed by atoms with Gasteiger partial charge in [0.05, 0.1) is 0 Å². The van der Waals surface area contributed by atoms with Gasteiger partial charge in [-0.25, -0.2) is 4.79 Å². The molecule has 1 aromatic carbocycles. The maximum Gasteiger partial charge on any atom is 0.336 e. The lowest BCUT2D eigenvalue weighted by atomic mass is 10.1. The predicted octanol–water partition coefficient (Wildman–Crippen LogP) is 2.90. The molecule has 1 atom stereocenters. The second kappa shape index (κ2) is 8.02. The summed E-state index contributed by atoms with van der Waals surface area (Å²) in [5.41, 5.74) is 1.20. The fourth-order valence-corrected chi connectivity index (χ4v) is 3.74. The van der Waals surface area contributed by atoms with Crippen molar-refractivity contribution in [3.63, 3.8) is 0 Å². The van der Waals surface area contributed by atoms with Crippen LogP contribution in [0.15, 0.2) is 33.5 Å². The van der Waals surface area contributed by atoms with Crippen LogP contribution in [-0.4, -0.2) is 55.2 Å². The first kappa shape index (κ1) is 18.0. The van der Waals surface area contributed by atoms with Gasteiger partial charge in [0, 0.05) is 36.7 Å². The van der Waals surface area contributed by atoms with Gasteiger partial charge in [-0.2, -0.15) is 0 Å². The maximum atomic E-state index is 11.5. The van der Waals surface area contributed by atoms with Crippen LogP contribution < -0.4 is 10.4 Å². The van der Waals surface area contributed by atoms with Crippen molar-refractivity contribution >= 4 is 11.0 Å². The molecule has 1 aliphatic heterocycles. The third-order valence-electron chi connectivity index (χ3n) is 5.18. The zero-order chi connectivity index (χ0) is 17.8. The maximum absolute atomic E-state index is 11.5. The van der Waals surface area contributed by atoms with E-state index in [1.165, 1.54) is 12.5 Å². The first-order chi connectivity index (χ1) is 12.1. The van der Waals surface area contributed by atoms with E-state index in [4.69, 9.17) is 9.15 Å². The zero-order valence-corrected chi connectivity index (χ0v) is 15.5. The summed E-state index contributed by atoms with van der Waals surface area (Å²) in [4.78, 5) is 16.5. The van der Waals surface area contributed by atoms with Crippen molar-refractivity contribution in [3.8, 4) is 5.75 Å². The van der Waals surface area contributed by atoms with Gasteiger partial charge in [0.25, 0.3) is 0 Å². The van der Waals surface area contributed by atoms with Crippen molar-refractivity contribution in [2.24, 2.45) is 0 Å². The average Bonchev–Trinajstić information content (AvgIpc) is 3.04. The molecule has 1 aliphatic rings. The second-order valence-electron chi connectivity index (χ2n) is 6.72. The minimum absolute atomic E-state index is 0.318. The number of likely N-dealkylation sites (tertiary alicyclic amines) is 1. The Hall–Kier alpha value is -1.85. The number of fused-ring (bicyclic) bond motifs is 1. The van der Waals surface area contributed by atoms with Crippen molar-refractivity contribution in [2.45, 2.75) is 33.2 Å². The molecule has 0 saturated carbocycles. The number of hydrogen-bond acceptors (Lipinski definition) is 5. The van der Waals surface area contributed by atoms with Crippen LogP contribution in [0.3, 0.4) is 0 Å². The first-order valence-corrected chi connectivity index (χ1v) is 9.24. The summed E-state index contributed by atoms with van der Waals surface area (Å²) in [7, 11) is 0. The van der Waals surface area contributed by atoms with Crippen molar-refractivity contribution < 1.29 is 9.15 Å². The van der Waals surface area contributed by atoms with Crippen LogP contribution in [-0.2, 0) is 0 Å². The minimum Gasteiger partial charge on any atom is -0.492 e. The fraction of sp³-hybridized carbons (Fsp3) is 0.550. The molecule has 0 unspecified atom stereocenters. The van der Waals surface area contributed by atoms with Gasteiger partial charge >= 0.3 is 5.63 Å². The van der Waals surface area contributed by atoms with E-state index in [0.717, 1.165) is 49.4 Å². The molecule has 136 valence electrons. The molecule has 0 N–H and O–H groups in total. The molecule has 0 spiro atoms. The van der Waals surface area contributed by atoms with Crippen LogP contribution in [0.25, 0.3) is 11.0 Å². The van der Waals surface area contributed by atoms with Crippen LogP contribution in [0.5, 0.6) is 5.75 Å². The number of hydrogen-bond donors (Lipinski definition) is 0. The van der Waals surface area contributed by atoms with E-state index in [-0.39, 0.29) is 5.63 Å². The number of ether oxygens (including phenoxy) is 1.